The lowest BCUT2D eigenvalue weighted by molar-refractivity contribution is 0.620. The van der Waals surface area contributed by atoms with Crippen molar-refractivity contribution in [2.75, 3.05) is 5.43 Å². The lowest BCUT2D eigenvalue weighted by Crippen LogP contribution is -2.29. The number of benzene rings is 1. The van der Waals surface area contributed by atoms with Crippen LogP contribution in [-0.2, 0) is 7.05 Å². The number of halogens is 1. The molecule has 0 atom stereocenters. The summed E-state index contributed by atoms with van der Waals surface area (Å²) in [6, 6.07) is 7.61. The third-order valence-electron chi connectivity index (χ3n) is 3.72. The Morgan fingerprint density at radius 3 is 2.60 bits per heavy atom. The standard InChI is InChI=1S/C16H17BrN6O2/c1-9(2)23-12-13(22(3)16(25)20-14(12)24)19-15(23)21-18-8-10-4-6-11(17)7-5-10/h4-9H,1-3H3,(H,19,21)(H,20,24,25). The monoisotopic (exact) mass is 404 g/mol. The highest BCUT2D eigenvalue weighted by Gasteiger charge is 2.18. The second-order valence-electron chi connectivity index (χ2n) is 5.81. The molecule has 0 aliphatic carbocycles. The average molecular weight is 405 g/mol. The fraction of sp³-hybridized carbons (Fsp3) is 0.250. The van der Waals surface area contributed by atoms with Crippen molar-refractivity contribution in [2.24, 2.45) is 12.1 Å². The van der Waals surface area contributed by atoms with Crippen LogP contribution in [0, 0.1) is 0 Å². The Labute approximate surface area is 151 Å². The van der Waals surface area contributed by atoms with Gasteiger partial charge in [0.05, 0.1) is 6.21 Å². The number of anilines is 1. The van der Waals surface area contributed by atoms with Crippen molar-refractivity contribution < 1.29 is 0 Å². The second kappa shape index (κ2) is 6.67. The molecule has 0 spiro atoms. The van der Waals surface area contributed by atoms with Gasteiger partial charge in [-0.15, -0.1) is 0 Å². The van der Waals surface area contributed by atoms with Crippen molar-refractivity contribution in [3.8, 4) is 0 Å². The van der Waals surface area contributed by atoms with Crippen molar-refractivity contribution in [3.05, 3.63) is 55.1 Å². The maximum atomic E-state index is 12.2. The van der Waals surface area contributed by atoms with Gasteiger partial charge in [-0.05, 0) is 31.5 Å². The van der Waals surface area contributed by atoms with Gasteiger partial charge in [0.1, 0.15) is 0 Å². The Balaban J connectivity index is 2.04. The van der Waals surface area contributed by atoms with Crippen LogP contribution in [0.15, 0.2) is 43.4 Å². The minimum absolute atomic E-state index is 0.0472. The molecule has 130 valence electrons. The molecule has 0 aliphatic heterocycles. The molecule has 0 saturated heterocycles. The summed E-state index contributed by atoms with van der Waals surface area (Å²) >= 11 is 3.38. The van der Waals surface area contributed by atoms with E-state index in [0.717, 1.165) is 10.0 Å². The maximum absolute atomic E-state index is 12.2. The lowest BCUT2D eigenvalue weighted by Gasteiger charge is -2.11. The molecule has 0 bridgehead atoms. The Bertz CT molecular complexity index is 1060. The summed E-state index contributed by atoms with van der Waals surface area (Å²) in [4.78, 5) is 30.7. The van der Waals surface area contributed by atoms with E-state index in [1.54, 1.807) is 17.8 Å². The molecule has 0 unspecified atom stereocenters. The predicted octanol–water partition coefficient (Wildman–Crippen LogP) is 2.21. The largest absolute Gasteiger partial charge is 0.329 e. The number of hydrazone groups is 1. The number of hydrogen-bond acceptors (Lipinski definition) is 5. The number of aromatic amines is 1. The summed E-state index contributed by atoms with van der Waals surface area (Å²) in [7, 11) is 1.56. The number of nitrogens with one attached hydrogen (secondary N) is 2. The molecule has 8 nitrogen and oxygen atoms in total. The normalized spacial score (nSPS) is 11.7. The van der Waals surface area contributed by atoms with E-state index < -0.39 is 11.2 Å². The molecule has 2 N–H and O–H groups in total. The highest BCUT2D eigenvalue weighted by Crippen LogP contribution is 2.20. The molecule has 9 heteroatoms. The first kappa shape index (κ1) is 17.2. The third-order valence-corrected chi connectivity index (χ3v) is 4.24. The van der Waals surface area contributed by atoms with Crippen LogP contribution < -0.4 is 16.7 Å². The molecule has 0 aliphatic rings. The molecule has 0 radical (unpaired) electrons. The van der Waals surface area contributed by atoms with Gasteiger partial charge in [0.15, 0.2) is 11.2 Å². The van der Waals surface area contributed by atoms with Crippen LogP contribution in [0.5, 0.6) is 0 Å². The molecule has 2 heterocycles. The number of nitrogens with zero attached hydrogens (tertiary/aromatic N) is 4. The third kappa shape index (κ3) is 3.27. The van der Waals surface area contributed by atoms with Gasteiger partial charge in [-0.3, -0.25) is 14.3 Å². The van der Waals surface area contributed by atoms with Gasteiger partial charge in [-0.25, -0.2) is 10.2 Å². The zero-order chi connectivity index (χ0) is 18.1. The van der Waals surface area contributed by atoms with E-state index in [4.69, 9.17) is 0 Å². The smallest absolute Gasteiger partial charge is 0.300 e. The molecule has 0 fully saturated rings. The van der Waals surface area contributed by atoms with Gasteiger partial charge in [0.2, 0.25) is 5.95 Å². The van der Waals surface area contributed by atoms with Crippen molar-refractivity contribution >= 4 is 39.3 Å². The summed E-state index contributed by atoms with van der Waals surface area (Å²) in [6.07, 6.45) is 1.65. The van der Waals surface area contributed by atoms with Crippen molar-refractivity contribution in [2.45, 2.75) is 19.9 Å². The number of imidazole rings is 1. The Hall–Kier alpha value is -2.68. The van der Waals surface area contributed by atoms with E-state index in [0.29, 0.717) is 17.1 Å². The number of hydrogen-bond donors (Lipinski definition) is 2. The summed E-state index contributed by atoms with van der Waals surface area (Å²) < 4.78 is 4.01. The predicted molar refractivity (Wildman–Crippen MR) is 101 cm³/mol. The van der Waals surface area contributed by atoms with Crippen LogP contribution in [-0.4, -0.2) is 25.3 Å². The Morgan fingerprint density at radius 1 is 1.28 bits per heavy atom. The van der Waals surface area contributed by atoms with Crippen molar-refractivity contribution in [3.63, 3.8) is 0 Å². The first-order chi connectivity index (χ1) is 11.9. The molecule has 3 rings (SSSR count). The van der Waals surface area contributed by atoms with E-state index in [2.05, 4.69) is 36.4 Å². The Kier molecular flexibility index (Phi) is 4.58. The quantitative estimate of drug-likeness (QED) is 0.514. The van der Waals surface area contributed by atoms with E-state index in [9.17, 15) is 9.59 Å². The van der Waals surface area contributed by atoms with Gasteiger partial charge in [-0.1, -0.05) is 28.1 Å². The average Bonchev–Trinajstić information content (AvgIpc) is 2.95. The number of aryl methyl sites for hydroxylation is 1. The molecular formula is C16H17BrN6O2. The van der Waals surface area contributed by atoms with Crippen LogP contribution >= 0.6 is 15.9 Å². The lowest BCUT2D eigenvalue weighted by atomic mass is 10.2. The molecule has 1 aromatic carbocycles. The molecular weight excluding hydrogens is 388 g/mol. The summed E-state index contributed by atoms with van der Waals surface area (Å²) in [5.74, 6) is 0.394. The van der Waals surface area contributed by atoms with Gasteiger partial charge < -0.3 is 4.57 Å². The first-order valence-electron chi connectivity index (χ1n) is 7.64. The minimum Gasteiger partial charge on any atom is -0.300 e. The fourth-order valence-electron chi connectivity index (χ4n) is 2.50. The summed E-state index contributed by atoms with van der Waals surface area (Å²) in [5, 5.41) is 4.19. The van der Waals surface area contributed by atoms with Crippen LogP contribution in [0.25, 0.3) is 11.2 Å². The SMILES string of the molecule is CC(C)n1c(NN=Cc2ccc(Br)cc2)nc2c1c(=O)[nH]c(=O)n2C. The molecule has 0 amide bonds. The van der Waals surface area contributed by atoms with Crippen LogP contribution in [0.3, 0.4) is 0 Å². The number of aromatic nitrogens is 4. The van der Waals surface area contributed by atoms with E-state index in [-0.39, 0.29) is 6.04 Å². The van der Waals surface area contributed by atoms with E-state index in [1.165, 1.54) is 4.57 Å². The maximum Gasteiger partial charge on any atom is 0.329 e. The minimum atomic E-state index is -0.504. The molecule has 3 aromatic rings. The van der Waals surface area contributed by atoms with E-state index in [1.807, 2.05) is 38.1 Å². The molecule has 0 saturated carbocycles. The van der Waals surface area contributed by atoms with Crippen molar-refractivity contribution in [1.82, 2.24) is 19.1 Å². The zero-order valence-electron chi connectivity index (χ0n) is 13.9. The topological polar surface area (TPSA) is 97.1 Å². The second-order valence-corrected chi connectivity index (χ2v) is 6.73. The highest BCUT2D eigenvalue weighted by molar-refractivity contribution is 9.10. The van der Waals surface area contributed by atoms with E-state index >= 15 is 0 Å². The van der Waals surface area contributed by atoms with Crippen molar-refractivity contribution in [1.29, 1.82) is 0 Å². The van der Waals surface area contributed by atoms with Gasteiger partial charge >= 0.3 is 5.69 Å². The Morgan fingerprint density at radius 2 is 1.96 bits per heavy atom. The molecule has 2 aromatic heterocycles. The van der Waals surface area contributed by atoms with Gasteiger partial charge in [-0.2, -0.15) is 10.1 Å². The zero-order valence-corrected chi connectivity index (χ0v) is 15.5. The first-order valence-corrected chi connectivity index (χ1v) is 8.43. The summed E-state index contributed by atoms with van der Waals surface area (Å²) in [6.45, 7) is 3.85. The highest BCUT2D eigenvalue weighted by atomic mass is 79.9. The number of H-pyrrole nitrogens is 1. The fourth-order valence-corrected chi connectivity index (χ4v) is 2.76. The van der Waals surface area contributed by atoms with Crippen LogP contribution in [0.4, 0.5) is 5.95 Å². The number of fused-ring (bicyclic) bond motifs is 1. The van der Waals surface area contributed by atoms with Crippen LogP contribution in [0.1, 0.15) is 25.5 Å². The number of rotatable bonds is 4. The summed E-state index contributed by atoms with van der Waals surface area (Å²) in [5.41, 5.74) is 3.44. The molecule has 25 heavy (non-hydrogen) atoms. The van der Waals surface area contributed by atoms with Crippen LogP contribution in [0.2, 0.25) is 0 Å². The van der Waals surface area contributed by atoms with Gasteiger partial charge in [0, 0.05) is 17.6 Å². The van der Waals surface area contributed by atoms with Gasteiger partial charge in [0.25, 0.3) is 5.56 Å².